The molecule has 1 aromatic rings. The van der Waals surface area contributed by atoms with Gasteiger partial charge in [0.1, 0.15) is 5.82 Å². The first-order valence-electron chi connectivity index (χ1n) is 8.49. The molecule has 1 saturated carbocycles. The predicted molar refractivity (Wildman–Crippen MR) is 87.4 cm³/mol. The zero-order valence-electron chi connectivity index (χ0n) is 13.3. The number of aromatic nitrogens is 3. The average molecular weight is 308 g/mol. The highest BCUT2D eigenvalue weighted by Crippen LogP contribution is 2.38. The first kappa shape index (κ1) is 15.3. The third kappa shape index (κ3) is 3.45. The van der Waals surface area contributed by atoms with Crippen LogP contribution in [-0.2, 0) is 13.0 Å². The summed E-state index contributed by atoms with van der Waals surface area (Å²) in [4.78, 5) is 0. The van der Waals surface area contributed by atoms with E-state index >= 15 is 0 Å². The van der Waals surface area contributed by atoms with Gasteiger partial charge in [-0.2, -0.15) is 0 Å². The molecule has 0 saturated heterocycles. The van der Waals surface area contributed by atoms with E-state index in [1.54, 1.807) is 0 Å². The minimum absolute atomic E-state index is 0.309. The minimum atomic E-state index is 0.309. The van der Waals surface area contributed by atoms with Crippen LogP contribution in [0.25, 0.3) is 0 Å². The van der Waals surface area contributed by atoms with Crippen molar-refractivity contribution in [2.45, 2.75) is 81.8 Å². The van der Waals surface area contributed by atoms with Gasteiger partial charge in [0.2, 0.25) is 0 Å². The number of nitrogens with zero attached hydrogens (tertiary/aromatic N) is 3. The van der Waals surface area contributed by atoms with Crippen LogP contribution >= 0.6 is 11.8 Å². The quantitative estimate of drug-likeness (QED) is 0.931. The Bertz CT molecular complexity index is 471. The van der Waals surface area contributed by atoms with E-state index < -0.39 is 0 Å². The number of fused-ring (bicyclic) bond motifs is 1. The maximum absolute atomic E-state index is 6.39. The fourth-order valence-corrected chi connectivity index (χ4v) is 4.94. The van der Waals surface area contributed by atoms with E-state index in [-0.39, 0.29) is 0 Å². The van der Waals surface area contributed by atoms with Crippen LogP contribution in [0, 0.1) is 11.8 Å². The van der Waals surface area contributed by atoms with E-state index in [1.807, 2.05) is 11.8 Å². The van der Waals surface area contributed by atoms with Gasteiger partial charge in [0.25, 0.3) is 0 Å². The van der Waals surface area contributed by atoms with E-state index in [9.17, 15) is 0 Å². The second kappa shape index (κ2) is 6.69. The lowest BCUT2D eigenvalue weighted by atomic mass is 9.79. The number of hydrogen-bond donors (Lipinski definition) is 1. The third-order valence-corrected chi connectivity index (χ3v) is 6.52. The Morgan fingerprint density at radius 2 is 2.05 bits per heavy atom. The first-order valence-corrected chi connectivity index (χ1v) is 9.37. The number of rotatable bonds is 3. The van der Waals surface area contributed by atoms with Crippen LogP contribution in [0.5, 0.6) is 0 Å². The van der Waals surface area contributed by atoms with Crippen molar-refractivity contribution in [3.63, 3.8) is 0 Å². The van der Waals surface area contributed by atoms with Crippen LogP contribution < -0.4 is 5.73 Å². The predicted octanol–water partition coefficient (Wildman–Crippen LogP) is 3.25. The van der Waals surface area contributed by atoms with E-state index in [4.69, 9.17) is 5.73 Å². The van der Waals surface area contributed by atoms with Crippen LogP contribution in [0.3, 0.4) is 0 Å². The summed E-state index contributed by atoms with van der Waals surface area (Å²) in [7, 11) is 0. The minimum Gasteiger partial charge on any atom is -0.327 e. The molecule has 5 heteroatoms. The molecule has 0 amide bonds. The van der Waals surface area contributed by atoms with E-state index in [0.29, 0.717) is 11.3 Å². The van der Waals surface area contributed by atoms with Crippen molar-refractivity contribution in [2.75, 3.05) is 0 Å². The molecule has 21 heavy (non-hydrogen) atoms. The Kier molecular flexibility index (Phi) is 4.89. The van der Waals surface area contributed by atoms with Gasteiger partial charge in [0.15, 0.2) is 5.16 Å². The Morgan fingerprint density at radius 3 is 2.86 bits per heavy atom. The summed E-state index contributed by atoms with van der Waals surface area (Å²) in [6.07, 6.45) is 8.57. The van der Waals surface area contributed by atoms with Gasteiger partial charge in [-0.05, 0) is 43.9 Å². The Balaban J connectivity index is 1.72. The molecule has 118 valence electrons. The van der Waals surface area contributed by atoms with Crippen molar-refractivity contribution in [1.82, 2.24) is 14.8 Å². The van der Waals surface area contributed by atoms with Crippen molar-refractivity contribution >= 4 is 11.8 Å². The number of nitrogens with two attached hydrogens (primary N) is 1. The lowest BCUT2D eigenvalue weighted by molar-refractivity contribution is 0.266. The highest BCUT2D eigenvalue weighted by atomic mass is 32.2. The highest BCUT2D eigenvalue weighted by Gasteiger charge is 2.32. The van der Waals surface area contributed by atoms with Gasteiger partial charge < -0.3 is 10.3 Å². The lowest BCUT2D eigenvalue weighted by Crippen LogP contribution is -2.39. The van der Waals surface area contributed by atoms with Gasteiger partial charge in [0.05, 0.1) is 0 Å². The van der Waals surface area contributed by atoms with Crippen molar-refractivity contribution in [1.29, 1.82) is 0 Å². The molecule has 3 unspecified atom stereocenters. The van der Waals surface area contributed by atoms with E-state index in [1.165, 1.54) is 37.9 Å². The Morgan fingerprint density at radius 1 is 1.19 bits per heavy atom. The first-order chi connectivity index (χ1) is 10.1. The second-order valence-electron chi connectivity index (χ2n) is 7.00. The lowest BCUT2D eigenvalue weighted by Gasteiger charge is -2.35. The number of aryl methyl sites for hydroxylation is 1. The molecule has 2 N–H and O–H groups in total. The third-order valence-electron chi connectivity index (χ3n) is 5.16. The topological polar surface area (TPSA) is 56.7 Å². The molecule has 0 bridgehead atoms. The number of hydrogen-bond acceptors (Lipinski definition) is 4. The Labute approximate surface area is 132 Å². The van der Waals surface area contributed by atoms with Gasteiger partial charge in [-0.15, -0.1) is 10.2 Å². The molecule has 0 aromatic carbocycles. The number of thioether (sulfide) groups is 1. The molecule has 3 atom stereocenters. The van der Waals surface area contributed by atoms with Crippen molar-refractivity contribution < 1.29 is 0 Å². The van der Waals surface area contributed by atoms with Crippen LogP contribution in [0.1, 0.15) is 58.2 Å². The maximum atomic E-state index is 6.39. The van der Waals surface area contributed by atoms with Crippen LogP contribution in [0.15, 0.2) is 5.16 Å². The summed E-state index contributed by atoms with van der Waals surface area (Å²) in [5.74, 6) is 2.75. The van der Waals surface area contributed by atoms with Gasteiger partial charge in [0, 0.05) is 24.3 Å². The monoisotopic (exact) mass is 308 g/mol. The fraction of sp³-hybridized carbons (Fsp3) is 0.875. The molecule has 2 heterocycles. The van der Waals surface area contributed by atoms with Gasteiger partial charge in [-0.25, -0.2) is 0 Å². The fourth-order valence-electron chi connectivity index (χ4n) is 3.61. The van der Waals surface area contributed by atoms with Crippen LogP contribution in [0.4, 0.5) is 0 Å². The SMILES string of the molecule is CC(C)C1CCC(N)C(Sc2nnc3n2CCCCC3)C1. The second-order valence-corrected chi connectivity index (χ2v) is 8.20. The summed E-state index contributed by atoms with van der Waals surface area (Å²) in [5.41, 5.74) is 6.39. The largest absolute Gasteiger partial charge is 0.327 e. The van der Waals surface area contributed by atoms with E-state index in [0.717, 1.165) is 36.4 Å². The standard InChI is InChI=1S/C16H28N4S/c1-11(2)12-7-8-13(17)14(10-12)21-16-19-18-15-6-4-3-5-9-20(15)16/h11-14H,3-10,17H2,1-2H3. The van der Waals surface area contributed by atoms with Gasteiger partial charge >= 0.3 is 0 Å². The summed E-state index contributed by atoms with van der Waals surface area (Å²) in [6, 6.07) is 0.309. The Hall–Kier alpha value is -0.550. The average Bonchev–Trinajstić information content (AvgIpc) is 2.70. The summed E-state index contributed by atoms with van der Waals surface area (Å²) < 4.78 is 2.35. The molecule has 0 spiro atoms. The summed E-state index contributed by atoms with van der Waals surface area (Å²) in [6.45, 7) is 5.76. The molecule has 1 fully saturated rings. The van der Waals surface area contributed by atoms with Crippen molar-refractivity contribution in [2.24, 2.45) is 17.6 Å². The molecule has 3 rings (SSSR count). The molecule has 4 nitrogen and oxygen atoms in total. The zero-order valence-corrected chi connectivity index (χ0v) is 14.1. The molecule has 0 radical (unpaired) electrons. The van der Waals surface area contributed by atoms with Crippen molar-refractivity contribution in [3.8, 4) is 0 Å². The molecular formula is C16H28N4S. The van der Waals surface area contributed by atoms with Gasteiger partial charge in [-0.3, -0.25) is 0 Å². The van der Waals surface area contributed by atoms with Crippen LogP contribution in [0.2, 0.25) is 0 Å². The summed E-state index contributed by atoms with van der Waals surface area (Å²) in [5, 5.41) is 10.5. The normalized spacial score (nSPS) is 30.2. The smallest absolute Gasteiger partial charge is 0.191 e. The molecule has 2 aliphatic rings. The molecule has 1 aliphatic heterocycles. The van der Waals surface area contributed by atoms with Crippen LogP contribution in [-0.4, -0.2) is 26.1 Å². The van der Waals surface area contributed by atoms with E-state index in [2.05, 4.69) is 28.6 Å². The summed E-state index contributed by atoms with van der Waals surface area (Å²) >= 11 is 1.89. The molecular weight excluding hydrogens is 280 g/mol. The van der Waals surface area contributed by atoms with Gasteiger partial charge in [-0.1, -0.05) is 32.0 Å². The van der Waals surface area contributed by atoms with Crippen molar-refractivity contribution in [3.05, 3.63) is 5.82 Å². The highest BCUT2D eigenvalue weighted by molar-refractivity contribution is 7.99. The molecule has 1 aliphatic carbocycles. The maximum Gasteiger partial charge on any atom is 0.191 e. The molecule has 1 aromatic heterocycles. The zero-order chi connectivity index (χ0) is 14.8.